The van der Waals surface area contributed by atoms with E-state index < -0.39 is 10.0 Å². The first-order valence-electron chi connectivity index (χ1n) is 7.57. The SMILES string of the molecule is CCCS(=O)(=O)N1CCCC(C(=O)Nc2cc(Cl)ccc2Cl)C1. The standard InChI is InChI=1S/C15H20Cl2N2O3S/c1-2-8-23(21,22)19-7-3-4-11(10-19)15(20)18-14-9-12(16)5-6-13(14)17/h5-6,9,11H,2-4,7-8,10H2,1H3,(H,18,20). The summed E-state index contributed by atoms with van der Waals surface area (Å²) < 4.78 is 25.8. The van der Waals surface area contributed by atoms with Crippen LogP contribution in [0.1, 0.15) is 26.2 Å². The zero-order valence-corrected chi connectivity index (χ0v) is 15.2. The Balaban J connectivity index is 2.06. The van der Waals surface area contributed by atoms with Gasteiger partial charge in [0.2, 0.25) is 15.9 Å². The van der Waals surface area contributed by atoms with E-state index in [0.717, 1.165) is 0 Å². The maximum atomic E-state index is 12.4. The van der Waals surface area contributed by atoms with E-state index in [1.54, 1.807) is 18.2 Å². The lowest BCUT2D eigenvalue weighted by Gasteiger charge is -2.31. The van der Waals surface area contributed by atoms with Crippen molar-refractivity contribution in [3.63, 3.8) is 0 Å². The molecule has 1 N–H and O–H groups in total. The van der Waals surface area contributed by atoms with Gasteiger partial charge in [0.1, 0.15) is 0 Å². The zero-order chi connectivity index (χ0) is 17.0. The van der Waals surface area contributed by atoms with Gasteiger partial charge in [-0.05, 0) is 37.5 Å². The number of rotatable bonds is 5. The summed E-state index contributed by atoms with van der Waals surface area (Å²) in [6, 6.07) is 4.83. The van der Waals surface area contributed by atoms with E-state index in [-0.39, 0.29) is 24.1 Å². The smallest absolute Gasteiger partial charge is 0.228 e. The van der Waals surface area contributed by atoms with Crippen LogP contribution in [0.15, 0.2) is 18.2 Å². The predicted molar refractivity (Wildman–Crippen MR) is 93.5 cm³/mol. The third-order valence-corrected chi connectivity index (χ3v) is 6.40. The number of benzene rings is 1. The average molecular weight is 379 g/mol. The van der Waals surface area contributed by atoms with Crippen LogP contribution in [-0.4, -0.2) is 37.5 Å². The molecule has 1 atom stereocenters. The number of carbonyl (C=O) groups is 1. The van der Waals surface area contributed by atoms with Crippen LogP contribution in [-0.2, 0) is 14.8 Å². The summed E-state index contributed by atoms with van der Waals surface area (Å²) in [5.41, 5.74) is 0.442. The number of hydrogen-bond acceptors (Lipinski definition) is 3. The second-order valence-corrected chi connectivity index (χ2v) is 8.56. The molecule has 128 valence electrons. The van der Waals surface area contributed by atoms with Crippen molar-refractivity contribution < 1.29 is 13.2 Å². The molecule has 0 saturated carbocycles. The second-order valence-electron chi connectivity index (χ2n) is 5.63. The minimum atomic E-state index is -3.28. The van der Waals surface area contributed by atoms with Crippen LogP contribution in [0.2, 0.25) is 10.0 Å². The van der Waals surface area contributed by atoms with Gasteiger partial charge in [0.25, 0.3) is 0 Å². The Hall–Kier alpha value is -0.820. The van der Waals surface area contributed by atoms with Crippen molar-refractivity contribution in [1.29, 1.82) is 0 Å². The number of hydrogen-bond donors (Lipinski definition) is 1. The maximum absolute atomic E-state index is 12.4. The lowest BCUT2D eigenvalue weighted by atomic mass is 9.99. The lowest BCUT2D eigenvalue weighted by molar-refractivity contribution is -0.120. The van der Waals surface area contributed by atoms with Gasteiger partial charge in [0.15, 0.2) is 0 Å². The topological polar surface area (TPSA) is 66.5 Å². The minimum Gasteiger partial charge on any atom is -0.324 e. The Morgan fingerprint density at radius 1 is 1.39 bits per heavy atom. The van der Waals surface area contributed by atoms with Gasteiger partial charge >= 0.3 is 0 Å². The normalized spacial score (nSPS) is 19.5. The Kier molecular flexibility index (Phi) is 6.31. The van der Waals surface area contributed by atoms with E-state index in [1.165, 1.54) is 4.31 Å². The van der Waals surface area contributed by atoms with Crippen LogP contribution in [0.5, 0.6) is 0 Å². The van der Waals surface area contributed by atoms with Gasteiger partial charge in [-0.3, -0.25) is 4.79 Å². The Morgan fingerprint density at radius 2 is 2.13 bits per heavy atom. The van der Waals surface area contributed by atoms with E-state index in [9.17, 15) is 13.2 Å². The molecule has 1 aromatic carbocycles. The summed E-state index contributed by atoms with van der Waals surface area (Å²) in [4.78, 5) is 12.4. The van der Waals surface area contributed by atoms with Gasteiger partial charge in [0, 0.05) is 18.1 Å². The molecule has 1 heterocycles. The first-order chi connectivity index (χ1) is 10.8. The quantitative estimate of drug-likeness (QED) is 0.853. The number of anilines is 1. The summed E-state index contributed by atoms with van der Waals surface area (Å²) in [5.74, 6) is -0.502. The summed E-state index contributed by atoms with van der Waals surface area (Å²) in [5, 5.41) is 3.62. The number of nitrogens with zero attached hydrogens (tertiary/aromatic N) is 1. The van der Waals surface area contributed by atoms with Gasteiger partial charge in [-0.25, -0.2) is 12.7 Å². The Bertz CT molecular complexity index is 679. The highest BCUT2D eigenvalue weighted by Crippen LogP contribution is 2.27. The predicted octanol–water partition coefficient (Wildman–Crippen LogP) is 3.38. The fraction of sp³-hybridized carbons (Fsp3) is 0.533. The zero-order valence-electron chi connectivity index (χ0n) is 12.9. The largest absolute Gasteiger partial charge is 0.324 e. The molecule has 0 aromatic heterocycles. The highest BCUT2D eigenvalue weighted by molar-refractivity contribution is 7.89. The van der Waals surface area contributed by atoms with Crippen molar-refractivity contribution >= 4 is 44.8 Å². The molecule has 0 bridgehead atoms. The molecule has 0 spiro atoms. The van der Waals surface area contributed by atoms with Gasteiger partial charge < -0.3 is 5.32 Å². The fourth-order valence-corrected chi connectivity index (χ4v) is 4.55. The Labute approximate surface area is 147 Å². The third-order valence-electron chi connectivity index (χ3n) is 3.80. The summed E-state index contributed by atoms with van der Waals surface area (Å²) in [7, 11) is -3.28. The number of halogens is 2. The number of piperidine rings is 1. The molecule has 5 nitrogen and oxygen atoms in total. The highest BCUT2D eigenvalue weighted by Gasteiger charge is 2.32. The third kappa shape index (κ3) is 4.83. The molecular formula is C15H20Cl2N2O3S. The molecule has 1 unspecified atom stereocenters. The van der Waals surface area contributed by atoms with E-state index in [0.29, 0.717) is 41.5 Å². The molecule has 0 radical (unpaired) electrons. The van der Waals surface area contributed by atoms with Crippen LogP contribution >= 0.6 is 23.2 Å². The van der Waals surface area contributed by atoms with Crippen molar-refractivity contribution in [2.24, 2.45) is 5.92 Å². The maximum Gasteiger partial charge on any atom is 0.228 e. The van der Waals surface area contributed by atoms with Crippen LogP contribution in [0.4, 0.5) is 5.69 Å². The van der Waals surface area contributed by atoms with E-state index in [4.69, 9.17) is 23.2 Å². The van der Waals surface area contributed by atoms with Crippen molar-refractivity contribution in [2.45, 2.75) is 26.2 Å². The summed E-state index contributed by atoms with van der Waals surface area (Å²) in [6.45, 7) is 2.52. The van der Waals surface area contributed by atoms with Gasteiger partial charge in [-0.15, -0.1) is 0 Å². The number of sulfonamides is 1. The molecule has 1 saturated heterocycles. The van der Waals surface area contributed by atoms with E-state index >= 15 is 0 Å². The van der Waals surface area contributed by atoms with E-state index in [2.05, 4.69) is 5.32 Å². The average Bonchev–Trinajstić information content (AvgIpc) is 2.51. The second kappa shape index (κ2) is 7.83. The number of carbonyl (C=O) groups excluding carboxylic acids is 1. The van der Waals surface area contributed by atoms with Crippen molar-refractivity contribution in [2.75, 3.05) is 24.2 Å². The van der Waals surface area contributed by atoms with Crippen LogP contribution in [0.25, 0.3) is 0 Å². The molecule has 2 rings (SSSR count). The minimum absolute atomic E-state index is 0.113. The molecule has 1 aliphatic heterocycles. The summed E-state index contributed by atoms with van der Waals surface area (Å²) in [6.07, 6.45) is 1.89. The van der Waals surface area contributed by atoms with Gasteiger partial charge in [0.05, 0.1) is 22.4 Å². The van der Waals surface area contributed by atoms with Crippen LogP contribution < -0.4 is 5.32 Å². The molecule has 0 aliphatic carbocycles. The molecule has 1 fully saturated rings. The molecule has 1 amide bonds. The van der Waals surface area contributed by atoms with Gasteiger partial charge in [-0.1, -0.05) is 30.1 Å². The number of nitrogens with one attached hydrogen (secondary N) is 1. The first kappa shape index (κ1) is 18.5. The molecule has 23 heavy (non-hydrogen) atoms. The fourth-order valence-electron chi connectivity index (χ4n) is 2.62. The molecule has 1 aromatic rings. The van der Waals surface area contributed by atoms with Gasteiger partial charge in [-0.2, -0.15) is 0 Å². The van der Waals surface area contributed by atoms with Crippen molar-refractivity contribution in [3.05, 3.63) is 28.2 Å². The first-order valence-corrected chi connectivity index (χ1v) is 9.93. The monoisotopic (exact) mass is 378 g/mol. The summed E-state index contributed by atoms with van der Waals surface area (Å²) >= 11 is 11.9. The highest BCUT2D eigenvalue weighted by atomic mass is 35.5. The van der Waals surface area contributed by atoms with Crippen LogP contribution in [0.3, 0.4) is 0 Å². The lowest BCUT2D eigenvalue weighted by Crippen LogP contribution is -2.44. The Morgan fingerprint density at radius 3 is 2.83 bits per heavy atom. The van der Waals surface area contributed by atoms with E-state index in [1.807, 2.05) is 6.92 Å². The van der Waals surface area contributed by atoms with Crippen molar-refractivity contribution in [1.82, 2.24) is 4.31 Å². The molecular weight excluding hydrogens is 359 g/mol. The molecule has 1 aliphatic rings. The molecule has 8 heteroatoms. The van der Waals surface area contributed by atoms with Crippen molar-refractivity contribution in [3.8, 4) is 0 Å². The van der Waals surface area contributed by atoms with Crippen LogP contribution in [0, 0.1) is 5.92 Å². The number of amides is 1.